The van der Waals surface area contributed by atoms with E-state index in [-0.39, 0.29) is 5.75 Å². The summed E-state index contributed by atoms with van der Waals surface area (Å²) >= 11 is 1.01. The van der Waals surface area contributed by atoms with Crippen molar-refractivity contribution >= 4 is 29.7 Å². The molecule has 0 saturated heterocycles. The minimum Gasteiger partial charge on any atom is -0.480 e. The highest BCUT2D eigenvalue weighted by Crippen LogP contribution is 2.13. The lowest BCUT2D eigenvalue weighted by Gasteiger charge is -2.10. The van der Waals surface area contributed by atoms with Gasteiger partial charge in [-0.15, -0.1) is 11.8 Å². The van der Waals surface area contributed by atoms with Crippen LogP contribution in [0.5, 0.6) is 0 Å². The molecule has 3 N–H and O–H groups in total. The largest absolute Gasteiger partial charge is 0.480 e. The third kappa shape index (κ3) is 7.94. The summed E-state index contributed by atoms with van der Waals surface area (Å²) in [6.45, 7) is 6.10. The summed E-state index contributed by atoms with van der Waals surface area (Å²) in [5, 5.41) is 12.9. The summed E-state index contributed by atoms with van der Waals surface area (Å²) in [6, 6.07) is -0.544. The molecule has 1 unspecified atom stereocenters. The molecule has 0 radical (unpaired) electrons. The number of urea groups is 1. The van der Waals surface area contributed by atoms with Gasteiger partial charge in [0.2, 0.25) is 5.91 Å². The number of carbonyl (C=O) groups is 3. The molecular formula is C11H20N2O4S. The lowest BCUT2D eigenvalue weighted by atomic mass is 10.2. The number of hydrogen-bond acceptors (Lipinski definition) is 4. The smallest absolute Gasteiger partial charge is 0.321 e. The highest BCUT2D eigenvalue weighted by Gasteiger charge is 2.17. The minimum atomic E-state index is -0.945. The number of carbonyl (C=O) groups excluding carboxylic acids is 2. The van der Waals surface area contributed by atoms with E-state index in [1.54, 1.807) is 6.92 Å². The first kappa shape index (κ1) is 16.8. The van der Waals surface area contributed by atoms with Gasteiger partial charge in [0.1, 0.15) is 5.25 Å². The van der Waals surface area contributed by atoms with Crippen molar-refractivity contribution < 1.29 is 19.5 Å². The van der Waals surface area contributed by atoms with Crippen LogP contribution < -0.4 is 10.6 Å². The van der Waals surface area contributed by atoms with Gasteiger partial charge in [-0.2, -0.15) is 0 Å². The van der Waals surface area contributed by atoms with Crippen LogP contribution in [-0.4, -0.2) is 40.6 Å². The van der Waals surface area contributed by atoms with E-state index < -0.39 is 23.2 Å². The fourth-order valence-electron chi connectivity index (χ4n) is 1.04. The Morgan fingerprint density at radius 3 is 2.33 bits per heavy atom. The third-order valence-electron chi connectivity index (χ3n) is 1.99. The number of amides is 3. The average molecular weight is 276 g/mol. The molecule has 0 rings (SSSR count). The summed E-state index contributed by atoms with van der Waals surface area (Å²) in [5.41, 5.74) is 0. The first-order valence-electron chi connectivity index (χ1n) is 5.78. The van der Waals surface area contributed by atoms with Crippen molar-refractivity contribution in [2.24, 2.45) is 5.92 Å². The second-order valence-electron chi connectivity index (χ2n) is 4.20. The molecule has 0 aromatic heterocycles. The van der Waals surface area contributed by atoms with Crippen LogP contribution in [-0.2, 0) is 9.59 Å². The fraction of sp³-hybridized carbons (Fsp3) is 0.727. The maximum Gasteiger partial charge on any atom is 0.321 e. The maximum absolute atomic E-state index is 11.4. The predicted molar refractivity (Wildman–Crippen MR) is 70.6 cm³/mol. The van der Waals surface area contributed by atoms with E-state index in [2.05, 4.69) is 10.6 Å². The molecule has 0 aromatic carbocycles. The molecule has 7 heteroatoms. The van der Waals surface area contributed by atoms with Crippen molar-refractivity contribution in [3.63, 3.8) is 0 Å². The van der Waals surface area contributed by atoms with Gasteiger partial charge in [0.15, 0.2) is 0 Å². The van der Waals surface area contributed by atoms with E-state index in [0.29, 0.717) is 18.9 Å². The molecule has 104 valence electrons. The van der Waals surface area contributed by atoms with Gasteiger partial charge < -0.3 is 10.4 Å². The molecule has 3 amide bonds. The number of imide groups is 1. The molecule has 0 aliphatic heterocycles. The van der Waals surface area contributed by atoms with Crippen molar-refractivity contribution in [3.8, 4) is 0 Å². The van der Waals surface area contributed by atoms with Crippen LogP contribution in [0.2, 0.25) is 0 Å². The molecule has 0 aliphatic rings. The standard InChI is InChI=1S/C11H20N2O4S/c1-4-8(10(15)16)18-6-9(14)13-11(17)12-5-7(2)3/h7-8H,4-6H2,1-3H3,(H,15,16)(H2,12,13,14,17). The van der Waals surface area contributed by atoms with Gasteiger partial charge in [0.25, 0.3) is 0 Å². The van der Waals surface area contributed by atoms with Gasteiger partial charge in [0, 0.05) is 6.54 Å². The number of hydrogen-bond donors (Lipinski definition) is 3. The van der Waals surface area contributed by atoms with Crippen molar-refractivity contribution in [1.29, 1.82) is 0 Å². The van der Waals surface area contributed by atoms with E-state index in [1.807, 2.05) is 13.8 Å². The molecule has 0 spiro atoms. The second kappa shape index (κ2) is 8.79. The normalized spacial score (nSPS) is 12.0. The molecular weight excluding hydrogens is 256 g/mol. The van der Waals surface area contributed by atoms with E-state index in [4.69, 9.17) is 5.11 Å². The first-order valence-corrected chi connectivity index (χ1v) is 6.83. The quantitative estimate of drug-likeness (QED) is 0.646. The number of nitrogens with one attached hydrogen (secondary N) is 2. The molecule has 0 saturated carbocycles. The maximum atomic E-state index is 11.4. The minimum absolute atomic E-state index is 0.0418. The summed E-state index contributed by atoms with van der Waals surface area (Å²) in [5.74, 6) is -1.17. The number of aliphatic carboxylic acids is 1. The molecule has 6 nitrogen and oxygen atoms in total. The topological polar surface area (TPSA) is 95.5 Å². The summed E-state index contributed by atoms with van der Waals surface area (Å²) in [4.78, 5) is 33.3. The van der Waals surface area contributed by atoms with Gasteiger partial charge in [-0.25, -0.2) is 4.79 Å². The van der Waals surface area contributed by atoms with Crippen molar-refractivity contribution in [1.82, 2.24) is 10.6 Å². The number of carboxylic acids is 1. The van der Waals surface area contributed by atoms with Crippen LogP contribution in [0.4, 0.5) is 4.79 Å². The first-order chi connectivity index (χ1) is 8.36. The Kier molecular flexibility index (Phi) is 8.19. The van der Waals surface area contributed by atoms with E-state index in [9.17, 15) is 14.4 Å². The zero-order chi connectivity index (χ0) is 14.1. The van der Waals surface area contributed by atoms with Crippen molar-refractivity contribution in [3.05, 3.63) is 0 Å². The molecule has 18 heavy (non-hydrogen) atoms. The number of carboxylic acid groups (broad SMARTS) is 1. The SMILES string of the molecule is CCC(SCC(=O)NC(=O)NCC(C)C)C(=O)O. The van der Waals surface area contributed by atoms with Crippen LogP contribution in [0.25, 0.3) is 0 Å². The summed E-state index contributed by atoms with van der Waals surface area (Å²) < 4.78 is 0. The molecule has 0 heterocycles. The Balaban J connectivity index is 3.90. The fourth-order valence-corrected chi connectivity index (χ4v) is 1.85. The monoisotopic (exact) mass is 276 g/mol. The second-order valence-corrected chi connectivity index (χ2v) is 5.39. The van der Waals surface area contributed by atoms with Gasteiger partial charge in [-0.05, 0) is 12.3 Å². The van der Waals surface area contributed by atoms with Crippen molar-refractivity contribution in [2.45, 2.75) is 32.4 Å². The van der Waals surface area contributed by atoms with E-state index >= 15 is 0 Å². The lowest BCUT2D eigenvalue weighted by Crippen LogP contribution is -2.41. The van der Waals surface area contributed by atoms with Gasteiger partial charge in [-0.1, -0.05) is 20.8 Å². The van der Waals surface area contributed by atoms with Crippen LogP contribution in [0.3, 0.4) is 0 Å². The lowest BCUT2D eigenvalue weighted by molar-refractivity contribution is -0.136. The van der Waals surface area contributed by atoms with Crippen LogP contribution in [0.15, 0.2) is 0 Å². The zero-order valence-electron chi connectivity index (χ0n) is 10.9. The highest BCUT2D eigenvalue weighted by molar-refractivity contribution is 8.01. The summed E-state index contributed by atoms with van der Waals surface area (Å²) in [6.07, 6.45) is 0.437. The number of thioether (sulfide) groups is 1. The Labute approximate surface area is 111 Å². The van der Waals surface area contributed by atoms with Crippen LogP contribution in [0, 0.1) is 5.92 Å². The molecule has 1 atom stereocenters. The Morgan fingerprint density at radius 2 is 1.89 bits per heavy atom. The number of rotatable bonds is 7. The highest BCUT2D eigenvalue weighted by atomic mass is 32.2. The van der Waals surface area contributed by atoms with Crippen LogP contribution >= 0.6 is 11.8 Å². The van der Waals surface area contributed by atoms with E-state index in [1.165, 1.54) is 0 Å². The zero-order valence-corrected chi connectivity index (χ0v) is 11.7. The molecule has 0 aliphatic carbocycles. The van der Waals surface area contributed by atoms with Gasteiger partial charge in [-0.3, -0.25) is 14.9 Å². The van der Waals surface area contributed by atoms with Gasteiger partial charge >= 0.3 is 12.0 Å². The average Bonchev–Trinajstić information content (AvgIpc) is 2.26. The van der Waals surface area contributed by atoms with E-state index in [0.717, 1.165) is 11.8 Å². The summed E-state index contributed by atoms with van der Waals surface area (Å²) in [7, 11) is 0. The van der Waals surface area contributed by atoms with Gasteiger partial charge in [0.05, 0.1) is 5.75 Å². The molecule has 0 fully saturated rings. The van der Waals surface area contributed by atoms with Crippen LogP contribution in [0.1, 0.15) is 27.2 Å². The van der Waals surface area contributed by atoms with Crippen molar-refractivity contribution in [2.75, 3.05) is 12.3 Å². The Hall–Kier alpha value is -1.24. The predicted octanol–water partition coefficient (Wildman–Crippen LogP) is 1.06. The molecule has 0 bridgehead atoms. The Morgan fingerprint density at radius 1 is 1.28 bits per heavy atom. The Bertz CT molecular complexity index is 307. The third-order valence-corrected chi connectivity index (χ3v) is 3.35. The molecule has 0 aromatic rings.